The van der Waals surface area contributed by atoms with Gasteiger partial charge in [-0.15, -0.1) is 4.68 Å². The first-order valence-electron chi connectivity index (χ1n) is 8.82. The van der Waals surface area contributed by atoms with Gasteiger partial charge in [-0.1, -0.05) is 42.5 Å². The zero-order valence-corrected chi connectivity index (χ0v) is 15.3. The molecule has 3 aromatic carbocycles. The smallest absolute Gasteiger partial charge is 0.292 e. The quantitative estimate of drug-likeness (QED) is 0.499. The van der Waals surface area contributed by atoms with Gasteiger partial charge in [0.25, 0.3) is 0 Å². The van der Waals surface area contributed by atoms with E-state index in [4.69, 9.17) is 0 Å². The van der Waals surface area contributed by atoms with Crippen molar-refractivity contribution in [3.8, 4) is 5.69 Å². The lowest BCUT2D eigenvalue weighted by Crippen LogP contribution is -2.41. The summed E-state index contributed by atoms with van der Waals surface area (Å²) in [7, 11) is 0. The zero-order valence-electron chi connectivity index (χ0n) is 15.3. The molecule has 1 amide bonds. The summed E-state index contributed by atoms with van der Waals surface area (Å²) in [6.07, 6.45) is 0. The van der Waals surface area contributed by atoms with Crippen molar-refractivity contribution in [3.63, 3.8) is 0 Å². The third-order valence-electron chi connectivity index (χ3n) is 4.52. The van der Waals surface area contributed by atoms with Gasteiger partial charge >= 0.3 is 11.7 Å². The van der Waals surface area contributed by atoms with Crippen LogP contribution < -0.4 is 10.6 Å². The second-order valence-corrected chi connectivity index (χ2v) is 6.18. The van der Waals surface area contributed by atoms with Crippen molar-refractivity contribution >= 4 is 22.5 Å². The Bertz CT molecular complexity index is 1260. The summed E-state index contributed by atoms with van der Waals surface area (Å²) in [4.78, 5) is 27.0. The fourth-order valence-corrected chi connectivity index (χ4v) is 3.16. The Hall–Kier alpha value is -3.88. The van der Waals surface area contributed by atoms with Gasteiger partial charge < -0.3 is 0 Å². The fourth-order valence-electron chi connectivity index (χ4n) is 3.16. The molecule has 9 heteroatoms. The maximum Gasteiger partial charge on any atom is 0.377 e. The molecular formula is C20H15F2N5O2. The van der Waals surface area contributed by atoms with Crippen molar-refractivity contribution in [3.05, 3.63) is 82.8 Å². The van der Waals surface area contributed by atoms with Crippen LogP contribution in [0.25, 0.3) is 16.5 Å². The highest BCUT2D eigenvalue weighted by molar-refractivity contribution is 6.03. The molecule has 0 N–H and O–H groups in total. The van der Waals surface area contributed by atoms with Crippen LogP contribution in [0.15, 0.2) is 65.5 Å². The molecule has 146 valence electrons. The van der Waals surface area contributed by atoms with Crippen molar-refractivity contribution < 1.29 is 13.6 Å². The number of aromatic nitrogens is 4. The molecule has 0 radical (unpaired) electrons. The van der Waals surface area contributed by atoms with E-state index in [1.54, 1.807) is 19.1 Å². The van der Waals surface area contributed by atoms with E-state index in [0.29, 0.717) is 15.1 Å². The molecule has 0 aliphatic heterocycles. The average molecular weight is 395 g/mol. The molecule has 0 aliphatic rings. The molecule has 4 aromatic rings. The minimum absolute atomic E-state index is 0.236. The largest absolute Gasteiger partial charge is 0.377 e. The van der Waals surface area contributed by atoms with E-state index in [1.165, 1.54) is 4.90 Å². The molecule has 7 nitrogen and oxygen atoms in total. The Labute approximate surface area is 163 Å². The SMILES string of the molecule is CCN(C(=O)n1nnn(-c2c(F)cccc2F)c1=O)c1cccc2ccccc12. The molecule has 0 atom stereocenters. The predicted molar refractivity (Wildman–Crippen MR) is 103 cm³/mol. The van der Waals surface area contributed by atoms with Gasteiger partial charge in [0.1, 0.15) is 5.69 Å². The minimum Gasteiger partial charge on any atom is -0.292 e. The second kappa shape index (κ2) is 7.27. The highest BCUT2D eigenvalue weighted by atomic mass is 19.1. The number of halogens is 2. The Morgan fingerprint density at radius 3 is 2.34 bits per heavy atom. The minimum atomic E-state index is -1.07. The van der Waals surface area contributed by atoms with Crippen LogP contribution in [0.3, 0.4) is 0 Å². The molecule has 1 heterocycles. The van der Waals surface area contributed by atoms with Gasteiger partial charge in [-0.25, -0.2) is 18.4 Å². The third-order valence-corrected chi connectivity index (χ3v) is 4.52. The lowest BCUT2D eigenvalue weighted by atomic mass is 10.1. The summed E-state index contributed by atoms with van der Waals surface area (Å²) in [5.74, 6) is -1.99. The molecule has 0 saturated carbocycles. The van der Waals surface area contributed by atoms with Crippen LogP contribution in [0.1, 0.15) is 6.92 Å². The van der Waals surface area contributed by atoms with E-state index in [2.05, 4.69) is 10.4 Å². The molecule has 0 bridgehead atoms. The number of anilines is 1. The summed E-state index contributed by atoms with van der Waals surface area (Å²) < 4.78 is 29.0. The van der Waals surface area contributed by atoms with E-state index >= 15 is 0 Å². The van der Waals surface area contributed by atoms with Crippen LogP contribution in [-0.4, -0.2) is 32.4 Å². The van der Waals surface area contributed by atoms with Gasteiger partial charge in [0.15, 0.2) is 11.6 Å². The molecule has 0 saturated heterocycles. The Morgan fingerprint density at radius 2 is 1.62 bits per heavy atom. The number of tetrazole rings is 1. The van der Waals surface area contributed by atoms with Crippen LogP contribution in [0.4, 0.5) is 19.3 Å². The third kappa shape index (κ3) is 3.06. The molecule has 0 aliphatic carbocycles. The number of hydrogen-bond donors (Lipinski definition) is 0. The molecule has 1 aromatic heterocycles. The summed E-state index contributed by atoms with van der Waals surface area (Å²) in [5, 5.41) is 8.76. The van der Waals surface area contributed by atoms with Gasteiger partial charge in [-0.2, -0.15) is 4.68 Å². The molecule has 0 unspecified atom stereocenters. The Balaban J connectivity index is 1.80. The van der Waals surface area contributed by atoms with Crippen LogP contribution in [-0.2, 0) is 0 Å². The first kappa shape index (κ1) is 18.5. The van der Waals surface area contributed by atoms with Crippen LogP contribution in [0.5, 0.6) is 0 Å². The summed E-state index contributed by atoms with van der Waals surface area (Å²) in [5.41, 5.74) is -1.18. The van der Waals surface area contributed by atoms with Crippen molar-refractivity contribution in [1.29, 1.82) is 0 Å². The lowest BCUT2D eigenvalue weighted by molar-refractivity contribution is 0.244. The summed E-state index contributed by atoms with van der Waals surface area (Å²) >= 11 is 0. The van der Waals surface area contributed by atoms with Crippen molar-refractivity contribution in [2.24, 2.45) is 0 Å². The first-order valence-corrected chi connectivity index (χ1v) is 8.82. The number of rotatable bonds is 3. The maximum absolute atomic E-state index is 14.0. The van der Waals surface area contributed by atoms with Crippen molar-refractivity contribution in [2.75, 3.05) is 11.4 Å². The number of amides is 1. The highest BCUT2D eigenvalue weighted by Gasteiger charge is 2.25. The van der Waals surface area contributed by atoms with E-state index in [0.717, 1.165) is 29.0 Å². The predicted octanol–water partition coefficient (Wildman–Crippen LogP) is 3.36. The van der Waals surface area contributed by atoms with Gasteiger partial charge in [0.2, 0.25) is 0 Å². The van der Waals surface area contributed by atoms with E-state index < -0.39 is 29.0 Å². The average Bonchev–Trinajstić information content (AvgIpc) is 3.09. The Morgan fingerprint density at radius 1 is 0.966 bits per heavy atom. The normalized spacial score (nSPS) is 11.0. The standard InChI is InChI=1S/C20H15F2N5O2/c1-2-25(17-12-5-8-13-7-3-4-9-14(13)17)19(28)27-20(29)26(23-24-27)18-15(21)10-6-11-16(18)22/h3-12H,2H2,1H3. The van der Waals surface area contributed by atoms with E-state index in [-0.39, 0.29) is 6.54 Å². The van der Waals surface area contributed by atoms with Crippen LogP contribution in [0, 0.1) is 11.6 Å². The number of benzene rings is 3. The molecule has 0 fully saturated rings. The zero-order chi connectivity index (χ0) is 20.5. The molecule has 29 heavy (non-hydrogen) atoms. The van der Waals surface area contributed by atoms with Crippen LogP contribution in [0.2, 0.25) is 0 Å². The van der Waals surface area contributed by atoms with Gasteiger partial charge in [0, 0.05) is 11.9 Å². The number of carbonyl (C=O) groups excluding carboxylic acids is 1. The lowest BCUT2D eigenvalue weighted by Gasteiger charge is -2.21. The number of hydrogen-bond acceptors (Lipinski definition) is 4. The molecule has 0 spiro atoms. The topological polar surface area (TPSA) is 73.0 Å². The number of carbonyl (C=O) groups is 1. The highest BCUT2D eigenvalue weighted by Crippen LogP contribution is 2.27. The van der Waals surface area contributed by atoms with E-state index in [1.807, 2.05) is 30.3 Å². The second-order valence-electron chi connectivity index (χ2n) is 6.18. The summed E-state index contributed by atoms with van der Waals surface area (Å²) in [6, 6.07) is 15.3. The van der Waals surface area contributed by atoms with Gasteiger partial charge in [-0.3, -0.25) is 4.90 Å². The number of nitrogens with zero attached hydrogens (tertiary/aromatic N) is 5. The number of para-hydroxylation sites is 1. The first-order chi connectivity index (χ1) is 14.0. The van der Waals surface area contributed by atoms with Gasteiger partial charge in [0.05, 0.1) is 5.69 Å². The maximum atomic E-state index is 14.0. The van der Waals surface area contributed by atoms with Crippen molar-refractivity contribution in [1.82, 2.24) is 19.8 Å². The number of fused-ring (bicyclic) bond motifs is 1. The van der Waals surface area contributed by atoms with E-state index in [9.17, 15) is 18.4 Å². The summed E-state index contributed by atoms with van der Waals surface area (Å²) in [6.45, 7) is 1.98. The molecule has 4 rings (SSSR count). The van der Waals surface area contributed by atoms with Crippen molar-refractivity contribution in [2.45, 2.75) is 6.92 Å². The fraction of sp³-hybridized carbons (Fsp3) is 0.100. The molecular weight excluding hydrogens is 380 g/mol. The van der Waals surface area contributed by atoms with Crippen LogP contribution >= 0.6 is 0 Å². The van der Waals surface area contributed by atoms with Gasteiger partial charge in [-0.05, 0) is 40.9 Å². The monoisotopic (exact) mass is 395 g/mol. The Kier molecular flexibility index (Phi) is 4.63.